The van der Waals surface area contributed by atoms with E-state index in [0.29, 0.717) is 11.3 Å². The fourth-order valence-corrected chi connectivity index (χ4v) is 7.88. The van der Waals surface area contributed by atoms with Crippen molar-refractivity contribution in [2.24, 2.45) is 0 Å². The van der Waals surface area contributed by atoms with Crippen LogP contribution in [0.1, 0.15) is 47.2 Å². The van der Waals surface area contributed by atoms with Crippen molar-refractivity contribution in [1.29, 1.82) is 0 Å². The quantitative estimate of drug-likeness (QED) is 0.193. The Balaban J connectivity index is 1.32. The Kier molecular flexibility index (Phi) is 5.84. The van der Waals surface area contributed by atoms with Crippen molar-refractivity contribution in [2.45, 2.75) is 31.0 Å². The summed E-state index contributed by atoms with van der Waals surface area (Å²) < 4.78 is 60.8. The summed E-state index contributed by atoms with van der Waals surface area (Å²) in [4.78, 5) is 0. The lowest BCUT2D eigenvalue weighted by molar-refractivity contribution is -0.137. The molecule has 1 unspecified atom stereocenters. The molecule has 6 aromatic carbocycles. The third kappa shape index (κ3) is 3.89. The van der Waals surface area contributed by atoms with Gasteiger partial charge in [0.15, 0.2) is 5.60 Å². The van der Waals surface area contributed by atoms with Crippen molar-refractivity contribution in [1.82, 2.24) is 0 Å². The van der Waals surface area contributed by atoms with Gasteiger partial charge >= 0.3 is 6.18 Å². The Morgan fingerprint density at radius 2 is 1.38 bits per heavy atom. The van der Waals surface area contributed by atoms with Crippen LogP contribution in [0.2, 0.25) is 0 Å². The van der Waals surface area contributed by atoms with Crippen LogP contribution in [-0.4, -0.2) is 7.11 Å². The van der Waals surface area contributed by atoms with Crippen LogP contribution in [0.15, 0.2) is 120 Å². The molecule has 2 aliphatic rings. The normalized spacial score (nSPS) is 17.7. The summed E-state index contributed by atoms with van der Waals surface area (Å²) in [5.74, 6) is 1.42. The van der Waals surface area contributed by atoms with Gasteiger partial charge in [-0.2, -0.15) is 13.2 Å². The molecule has 9 rings (SSSR count). The highest BCUT2D eigenvalue weighted by atomic mass is 19.4. The second-order valence-corrected chi connectivity index (χ2v) is 13.1. The molecule has 1 aromatic heterocycles. The summed E-state index contributed by atoms with van der Waals surface area (Å²) in [7, 11) is 1.64. The van der Waals surface area contributed by atoms with Crippen LogP contribution in [0, 0.1) is 0 Å². The second kappa shape index (κ2) is 9.77. The number of hydrogen-bond donors (Lipinski definition) is 0. The first kappa shape index (κ1) is 28.7. The predicted octanol–water partition coefficient (Wildman–Crippen LogP) is 11.4. The topological polar surface area (TPSA) is 31.6 Å². The largest absolute Gasteiger partial charge is 0.497 e. The fourth-order valence-electron chi connectivity index (χ4n) is 7.88. The van der Waals surface area contributed by atoms with Crippen molar-refractivity contribution in [3.63, 3.8) is 0 Å². The molecule has 0 bridgehead atoms. The van der Waals surface area contributed by atoms with Crippen molar-refractivity contribution in [3.8, 4) is 22.6 Å². The number of fused-ring (bicyclic) bond motifs is 11. The molecule has 0 radical (unpaired) electrons. The van der Waals surface area contributed by atoms with Gasteiger partial charge in [-0.25, -0.2) is 0 Å². The maximum atomic E-state index is 13.9. The van der Waals surface area contributed by atoms with E-state index in [0.717, 1.165) is 71.8 Å². The molecule has 3 nitrogen and oxygen atoms in total. The zero-order valence-corrected chi connectivity index (χ0v) is 26.4. The first-order chi connectivity index (χ1) is 23.1. The highest BCUT2D eigenvalue weighted by Crippen LogP contribution is 2.58. The van der Waals surface area contributed by atoms with Gasteiger partial charge in [0.05, 0.1) is 12.7 Å². The summed E-state index contributed by atoms with van der Waals surface area (Å²) in [5, 5.41) is 3.83. The molecule has 0 amide bonds. The monoisotopic (exact) mass is 638 g/mol. The summed E-state index contributed by atoms with van der Waals surface area (Å²) in [6.07, 6.45) is -0.260. The number of benzene rings is 6. The average molecular weight is 639 g/mol. The smallest absolute Gasteiger partial charge is 0.416 e. The summed E-state index contributed by atoms with van der Waals surface area (Å²) >= 11 is 0. The fraction of sp³-hybridized carbons (Fsp3) is 0.143. The average Bonchev–Trinajstić information content (AvgIpc) is 3.59. The van der Waals surface area contributed by atoms with E-state index in [1.165, 1.54) is 12.1 Å². The van der Waals surface area contributed by atoms with Gasteiger partial charge in [0, 0.05) is 38.3 Å². The van der Waals surface area contributed by atoms with E-state index >= 15 is 0 Å². The number of methoxy groups -OCH3 is 1. The molecule has 1 atom stereocenters. The summed E-state index contributed by atoms with van der Waals surface area (Å²) in [6, 6.07) is 34.2. The molecule has 1 aliphatic carbocycles. The Hall–Kier alpha value is -5.49. The molecule has 0 saturated carbocycles. The van der Waals surface area contributed by atoms with Crippen molar-refractivity contribution < 1.29 is 27.1 Å². The van der Waals surface area contributed by atoms with Crippen LogP contribution in [0.4, 0.5) is 13.2 Å². The maximum absolute atomic E-state index is 13.9. The molecule has 0 saturated heterocycles. The standard InChI is InChI=1S/C42H29F3O3/c1-40(2)34-23-26(42(43,44)45)14-18-31(34)37-29-9-4-5-10-30(29)39-32(38(37)40)20-21-41(48-39,24-12-16-27(46-3)17-13-24)25-15-19-36-33(22-25)28-8-6-7-11-35(28)47-36/h4-23H,1-3H3. The third-order valence-corrected chi connectivity index (χ3v) is 10.2. The van der Waals surface area contributed by atoms with Gasteiger partial charge in [-0.1, -0.05) is 86.7 Å². The number of ether oxygens (including phenoxy) is 2. The number of furan rings is 1. The lowest BCUT2D eigenvalue weighted by Crippen LogP contribution is -2.35. The molecule has 236 valence electrons. The van der Waals surface area contributed by atoms with E-state index in [1.54, 1.807) is 13.2 Å². The minimum atomic E-state index is -4.44. The molecular formula is C42H29F3O3. The first-order valence-electron chi connectivity index (χ1n) is 15.9. The molecule has 2 heterocycles. The Morgan fingerprint density at radius 1 is 0.688 bits per heavy atom. The molecule has 7 aromatic rings. The van der Waals surface area contributed by atoms with Gasteiger partial charge in [0.1, 0.15) is 22.7 Å². The number of para-hydroxylation sites is 1. The zero-order valence-electron chi connectivity index (χ0n) is 26.4. The van der Waals surface area contributed by atoms with Crippen LogP contribution in [0.3, 0.4) is 0 Å². The highest BCUT2D eigenvalue weighted by molar-refractivity contribution is 6.09. The van der Waals surface area contributed by atoms with E-state index in [1.807, 2.05) is 92.7 Å². The first-order valence-corrected chi connectivity index (χ1v) is 15.9. The zero-order chi connectivity index (χ0) is 33.0. The van der Waals surface area contributed by atoms with E-state index in [2.05, 4.69) is 24.3 Å². The number of alkyl halides is 3. The molecule has 48 heavy (non-hydrogen) atoms. The van der Waals surface area contributed by atoms with E-state index in [9.17, 15) is 13.2 Å². The van der Waals surface area contributed by atoms with Gasteiger partial charge in [-0.05, 0) is 76.2 Å². The van der Waals surface area contributed by atoms with Crippen molar-refractivity contribution in [2.75, 3.05) is 7.11 Å². The number of hydrogen-bond acceptors (Lipinski definition) is 3. The third-order valence-electron chi connectivity index (χ3n) is 10.2. The van der Waals surface area contributed by atoms with Gasteiger partial charge in [-0.15, -0.1) is 0 Å². The Labute approximate surface area is 274 Å². The predicted molar refractivity (Wildman–Crippen MR) is 184 cm³/mol. The molecule has 0 N–H and O–H groups in total. The van der Waals surface area contributed by atoms with E-state index < -0.39 is 22.8 Å². The van der Waals surface area contributed by atoms with Crippen LogP contribution < -0.4 is 9.47 Å². The van der Waals surface area contributed by atoms with Crippen LogP contribution in [0.25, 0.3) is 49.9 Å². The summed E-state index contributed by atoms with van der Waals surface area (Å²) in [6.45, 7) is 4.01. The number of rotatable bonds is 3. The van der Waals surface area contributed by atoms with Crippen LogP contribution >= 0.6 is 0 Å². The van der Waals surface area contributed by atoms with Crippen LogP contribution in [0.5, 0.6) is 11.5 Å². The Morgan fingerprint density at radius 3 is 2.12 bits per heavy atom. The molecule has 6 heteroatoms. The van der Waals surface area contributed by atoms with Gasteiger partial charge in [-0.3, -0.25) is 0 Å². The van der Waals surface area contributed by atoms with E-state index in [4.69, 9.17) is 13.9 Å². The minimum absolute atomic E-state index is 0.646. The van der Waals surface area contributed by atoms with Gasteiger partial charge < -0.3 is 13.9 Å². The van der Waals surface area contributed by atoms with Crippen molar-refractivity contribution in [3.05, 3.63) is 149 Å². The lowest BCUT2D eigenvalue weighted by atomic mass is 9.76. The molecule has 1 aliphatic heterocycles. The molecule has 0 fully saturated rings. The van der Waals surface area contributed by atoms with Gasteiger partial charge in [0.2, 0.25) is 0 Å². The summed E-state index contributed by atoms with van der Waals surface area (Å²) in [5.41, 5.74) is 5.26. The lowest BCUT2D eigenvalue weighted by Gasteiger charge is -2.38. The van der Waals surface area contributed by atoms with Gasteiger partial charge in [0.25, 0.3) is 0 Å². The second-order valence-electron chi connectivity index (χ2n) is 13.1. The van der Waals surface area contributed by atoms with Crippen molar-refractivity contribution >= 4 is 38.8 Å². The van der Waals surface area contributed by atoms with E-state index in [-0.39, 0.29) is 0 Å². The minimum Gasteiger partial charge on any atom is -0.497 e. The maximum Gasteiger partial charge on any atom is 0.416 e. The van der Waals surface area contributed by atoms with Crippen LogP contribution in [-0.2, 0) is 17.2 Å². The molecule has 0 spiro atoms. The Bertz CT molecular complexity index is 2480. The number of halogens is 3. The highest BCUT2D eigenvalue weighted by Gasteiger charge is 2.45. The SMILES string of the molecule is COc1ccc(C2(c3ccc4oc5ccccc5c4c3)C=Cc3c4c(c5ccccc5c3O2)-c2ccc(C(F)(F)F)cc2C4(C)C)cc1. The molecular weight excluding hydrogens is 609 g/mol.